The fourth-order valence-electron chi connectivity index (χ4n) is 3.37. The SMILES string of the molecule is C[CH2][Ge]([C]#CC=NCCC[Si]12OCCN(CCO1)CCO2)([CH2]C)[CH2]C. The van der Waals surface area contributed by atoms with Crippen LogP contribution in [0.3, 0.4) is 0 Å². The zero-order valence-corrected chi connectivity index (χ0v) is 19.3. The van der Waals surface area contributed by atoms with Crippen molar-refractivity contribution in [2.45, 2.75) is 49.0 Å². The first-order valence-corrected chi connectivity index (χ1v) is 17.3. The third-order valence-corrected chi connectivity index (χ3v) is 18.3. The van der Waals surface area contributed by atoms with Crippen LogP contribution in [0.2, 0.25) is 21.8 Å². The second-order valence-electron chi connectivity index (χ2n) is 6.82. The first kappa shape index (κ1) is 21.1. The van der Waals surface area contributed by atoms with Crippen LogP contribution in [-0.2, 0) is 13.3 Å². The summed E-state index contributed by atoms with van der Waals surface area (Å²) in [6.45, 7) is 12.8. The van der Waals surface area contributed by atoms with Gasteiger partial charge in [0.2, 0.25) is 0 Å². The van der Waals surface area contributed by atoms with Crippen molar-refractivity contribution in [3.8, 4) is 10.7 Å². The third-order valence-electron chi connectivity index (χ3n) is 5.48. The van der Waals surface area contributed by atoms with Crippen molar-refractivity contribution in [2.75, 3.05) is 46.0 Å². The van der Waals surface area contributed by atoms with Gasteiger partial charge in [-0.15, -0.1) is 0 Å². The molecule has 0 spiro atoms. The van der Waals surface area contributed by atoms with E-state index in [4.69, 9.17) is 13.3 Å². The first-order chi connectivity index (χ1) is 12.2. The van der Waals surface area contributed by atoms with Crippen LogP contribution in [-0.4, -0.2) is 79.2 Å². The molecule has 5 nitrogen and oxygen atoms in total. The van der Waals surface area contributed by atoms with E-state index in [2.05, 4.69) is 41.3 Å². The van der Waals surface area contributed by atoms with Crippen LogP contribution in [0.4, 0.5) is 0 Å². The van der Waals surface area contributed by atoms with Gasteiger partial charge in [-0.1, -0.05) is 0 Å². The van der Waals surface area contributed by atoms with Crippen LogP contribution < -0.4 is 0 Å². The molecule has 0 unspecified atom stereocenters. The Morgan fingerprint density at radius 2 is 1.56 bits per heavy atom. The normalized spacial score (nSPS) is 27.4. The summed E-state index contributed by atoms with van der Waals surface area (Å²) in [6.07, 6.45) is 2.76. The van der Waals surface area contributed by atoms with Gasteiger partial charge in [-0.25, -0.2) is 0 Å². The third kappa shape index (κ3) is 6.49. The molecule has 0 saturated carbocycles. The Balaban J connectivity index is 1.78. The number of hydrogen-bond donors (Lipinski definition) is 0. The molecule has 3 rings (SSSR count). The Morgan fingerprint density at radius 3 is 2.08 bits per heavy atom. The summed E-state index contributed by atoms with van der Waals surface area (Å²) in [5, 5.41) is 3.85. The topological polar surface area (TPSA) is 43.3 Å². The van der Waals surface area contributed by atoms with Gasteiger partial charge in [0.15, 0.2) is 0 Å². The fourth-order valence-corrected chi connectivity index (χ4v) is 10.9. The Hall–Kier alpha value is -0.170. The van der Waals surface area contributed by atoms with Crippen molar-refractivity contribution in [1.82, 2.24) is 4.90 Å². The maximum atomic E-state index is 6.04. The monoisotopic (exact) mass is 428 g/mol. The Kier molecular flexibility index (Phi) is 9.17. The van der Waals surface area contributed by atoms with Crippen LogP contribution in [0.15, 0.2) is 4.99 Å². The van der Waals surface area contributed by atoms with E-state index in [0.717, 1.165) is 58.5 Å². The summed E-state index contributed by atoms with van der Waals surface area (Å²) in [4.78, 5) is 6.82. The van der Waals surface area contributed by atoms with E-state index in [0.29, 0.717) is 0 Å². The molecule has 2 bridgehead atoms. The predicted molar refractivity (Wildman–Crippen MR) is 108 cm³/mol. The molecule has 142 valence electrons. The molecule has 0 radical (unpaired) electrons. The van der Waals surface area contributed by atoms with E-state index in [-0.39, 0.29) is 0 Å². The molecule has 0 aliphatic carbocycles. The summed E-state index contributed by atoms with van der Waals surface area (Å²) < 4.78 is 21.7. The van der Waals surface area contributed by atoms with Crippen molar-refractivity contribution in [2.24, 2.45) is 4.99 Å². The summed E-state index contributed by atoms with van der Waals surface area (Å²) in [5.41, 5.74) is 0. The number of rotatable bonds is 7. The van der Waals surface area contributed by atoms with Crippen molar-refractivity contribution >= 4 is 28.3 Å². The molecule has 3 saturated heterocycles. The van der Waals surface area contributed by atoms with Crippen LogP contribution >= 0.6 is 0 Å². The van der Waals surface area contributed by atoms with Crippen LogP contribution in [0.1, 0.15) is 27.2 Å². The van der Waals surface area contributed by atoms with E-state index >= 15 is 0 Å². The maximum absolute atomic E-state index is 6.04. The molecule has 3 fully saturated rings. The zero-order chi connectivity index (χ0) is 18.0. The van der Waals surface area contributed by atoms with Crippen molar-refractivity contribution in [1.29, 1.82) is 0 Å². The number of hydrogen-bond acceptors (Lipinski definition) is 5. The molecular weight excluding hydrogens is 393 g/mol. The van der Waals surface area contributed by atoms with E-state index in [1.54, 1.807) is 0 Å². The molecule has 3 heterocycles. The number of fused-ring (bicyclic) bond motifs is 6. The minimum atomic E-state index is -2.47. The minimum absolute atomic E-state index is 0.723. The molecule has 0 aromatic rings. The molecule has 0 atom stereocenters. The van der Waals surface area contributed by atoms with E-state index in [9.17, 15) is 0 Å². The van der Waals surface area contributed by atoms with Crippen LogP contribution in [0.5, 0.6) is 0 Å². The van der Waals surface area contributed by atoms with Gasteiger partial charge in [0.25, 0.3) is 0 Å². The van der Waals surface area contributed by atoms with E-state index in [1.807, 2.05) is 6.21 Å². The molecule has 3 aliphatic rings. The summed E-state index contributed by atoms with van der Waals surface area (Å²) in [5.74, 6) is 3.23. The molecule has 0 amide bonds. The molecule has 3 aliphatic heterocycles. The van der Waals surface area contributed by atoms with Crippen LogP contribution in [0, 0.1) is 10.7 Å². The molecule has 0 aromatic carbocycles. The summed E-state index contributed by atoms with van der Waals surface area (Å²) >= 11 is -1.88. The molecule has 25 heavy (non-hydrogen) atoms. The standard InChI is InChI=1S/C18H34GeN2O3Si/c1-4-19(5-2,6-3)9-7-10-20-11-8-18-25-22-15-12-21(13-16-23-25)14-17-24-25/h10H,4-6,8,11-18H2,1-3H3. The van der Waals surface area contributed by atoms with Crippen LogP contribution in [0.25, 0.3) is 0 Å². The predicted octanol–water partition coefficient (Wildman–Crippen LogP) is 2.82. The zero-order valence-electron chi connectivity index (χ0n) is 16.2. The van der Waals surface area contributed by atoms with Crippen molar-refractivity contribution in [3.05, 3.63) is 0 Å². The summed E-state index contributed by atoms with van der Waals surface area (Å²) in [6, 6.07) is 0.860. The first-order valence-electron chi connectivity index (χ1n) is 9.83. The van der Waals surface area contributed by atoms with Gasteiger partial charge in [0, 0.05) is 0 Å². The van der Waals surface area contributed by atoms with Crippen molar-refractivity contribution in [3.63, 3.8) is 0 Å². The quantitative estimate of drug-likeness (QED) is 0.271. The molecule has 7 heteroatoms. The van der Waals surface area contributed by atoms with Crippen molar-refractivity contribution < 1.29 is 13.3 Å². The number of nitrogens with zero attached hydrogens (tertiary/aromatic N) is 2. The van der Waals surface area contributed by atoms with Gasteiger partial charge < -0.3 is 0 Å². The molecule has 0 N–H and O–H groups in total. The van der Waals surface area contributed by atoms with E-state index < -0.39 is 22.1 Å². The van der Waals surface area contributed by atoms with Gasteiger partial charge in [-0.2, -0.15) is 0 Å². The average molecular weight is 427 g/mol. The second-order valence-corrected chi connectivity index (χ2v) is 19.9. The van der Waals surface area contributed by atoms with Gasteiger partial charge in [0.1, 0.15) is 0 Å². The van der Waals surface area contributed by atoms with Gasteiger partial charge in [-0.05, 0) is 0 Å². The second kappa shape index (κ2) is 10.9. The summed E-state index contributed by atoms with van der Waals surface area (Å²) in [7, 11) is -2.47. The van der Waals surface area contributed by atoms with Gasteiger partial charge >= 0.3 is 157 Å². The Labute approximate surface area is 157 Å². The van der Waals surface area contributed by atoms with Gasteiger partial charge in [0.05, 0.1) is 0 Å². The number of aliphatic imine (C=N–C) groups is 1. The average Bonchev–Trinajstić information content (AvgIpc) is 2.58. The van der Waals surface area contributed by atoms with Gasteiger partial charge in [-0.3, -0.25) is 0 Å². The fraction of sp³-hybridized carbons (Fsp3) is 0.833. The molecular formula is C18H34GeN2O3Si. The Morgan fingerprint density at radius 1 is 1.00 bits per heavy atom. The Bertz CT molecular complexity index is 454. The molecule has 0 aromatic heterocycles. The van der Waals surface area contributed by atoms with E-state index in [1.165, 1.54) is 15.8 Å².